The number of sulfone groups is 1. The number of hydrogen-bond acceptors (Lipinski definition) is 10. The standard InChI is InChI=1S/C17H27ClN4O6S/c1-4-7-29(24,25)16-21-14(18)11(19)15(22-16)20-9-8-10(26-6-5-23)13-12(9)27-17(2,3)28-13/h9-10,12-13,23H,4-8,19H2,1-3H3,(H,20,21,22)/t9-,10+,12+,13-/m1/s1. The van der Waals surface area contributed by atoms with Gasteiger partial charge in [0.25, 0.3) is 5.16 Å². The van der Waals surface area contributed by atoms with E-state index in [0.717, 1.165) is 0 Å². The summed E-state index contributed by atoms with van der Waals surface area (Å²) in [7, 11) is -3.68. The zero-order valence-electron chi connectivity index (χ0n) is 16.6. The Morgan fingerprint density at radius 2 is 2.03 bits per heavy atom. The van der Waals surface area contributed by atoms with Crippen molar-refractivity contribution in [1.29, 1.82) is 0 Å². The lowest BCUT2D eigenvalue weighted by Gasteiger charge is -2.24. The molecule has 10 nitrogen and oxygen atoms in total. The second-order valence-electron chi connectivity index (χ2n) is 7.56. The van der Waals surface area contributed by atoms with Crippen molar-refractivity contribution >= 4 is 32.9 Å². The lowest BCUT2D eigenvalue weighted by Crippen LogP contribution is -2.35. The van der Waals surface area contributed by atoms with Crippen molar-refractivity contribution < 1.29 is 27.7 Å². The maximum absolute atomic E-state index is 12.4. The zero-order valence-corrected chi connectivity index (χ0v) is 18.2. The summed E-state index contributed by atoms with van der Waals surface area (Å²) in [5.74, 6) is -0.774. The Morgan fingerprint density at radius 3 is 2.69 bits per heavy atom. The topological polar surface area (TPSA) is 146 Å². The lowest BCUT2D eigenvalue weighted by molar-refractivity contribution is -0.167. The molecule has 1 aliphatic heterocycles. The summed E-state index contributed by atoms with van der Waals surface area (Å²) >= 11 is 6.08. The highest BCUT2D eigenvalue weighted by atomic mass is 35.5. The van der Waals surface area contributed by atoms with E-state index >= 15 is 0 Å². The van der Waals surface area contributed by atoms with Gasteiger partial charge in [0.2, 0.25) is 9.84 Å². The predicted molar refractivity (Wildman–Crippen MR) is 106 cm³/mol. The van der Waals surface area contributed by atoms with Crippen LogP contribution >= 0.6 is 11.6 Å². The summed E-state index contributed by atoms with van der Waals surface area (Å²) in [6, 6.07) is -0.319. The SMILES string of the molecule is CCCS(=O)(=O)c1nc(Cl)c(N)c(N[C@@H]2C[C@H](OCCO)[C@H]3OC(C)(C)O[C@H]32)n1. The minimum absolute atomic E-state index is 0.0524. The van der Waals surface area contributed by atoms with Gasteiger partial charge < -0.3 is 30.4 Å². The Balaban J connectivity index is 1.87. The van der Waals surface area contributed by atoms with Crippen molar-refractivity contribution in [3.63, 3.8) is 0 Å². The van der Waals surface area contributed by atoms with Gasteiger partial charge in [-0.15, -0.1) is 0 Å². The number of halogens is 1. The molecule has 2 aliphatic rings. The van der Waals surface area contributed by atoms with E-state index in [1.807, 2.05) is 0 Å². The zero-order chi connectivity index (χ0) is 21.4. The number of aliphatic hydroxyl groups is 1. The quantitative estimate of drug-likeness (QED) is 0.386. The van der Waals surface area contributed by atoms with Crippen molar-refractivity contribution in [2.24, 2.45) is 0 Å². The number of hydrogen-bond donors (Lipinski definition) is 3. The maximum atomic E-state index is 12.4. The van der Waals surface area contributed by atoms with Gasteiger partial charge in [0.05, 0.1) is 31.1 Å². The van der Waals surface area contributed by atoms with Crippen LogP contribution in [0.2, 0.25) is 5.15 Å². The summed E-state index contributed by atoms with van der Waals surface area (Å²) < 4.78 is 42.4. The molecule has 2 heterocycles. The number of nitrogens with zero attached hydrogens (tertiary/aromatic N) is 2. The van der Waals surface area contributed by atoms with E-state index in [1.165, 1.54) is 0 Å². The molecule has 4 N–H and O–H groups in total. The van der Waals surface area contributed by atoms with Crippen molar-refractivity contribution in [2.75, 3.05) is 30.0 Å². The molecule has 1 aromatic rings. The molecule has 4 atom stereocenters. The normalized spacial score (nSPS) is 28.4. The van der Waals surface area contributed by atoms with E-state index in [9.17, 15) is 8.42 Å². The first-order valence-electron chi connectivity index (χ1n) is 9.48. The first-order chi connectivity index (χ1) is 13.6. The van der Waals surface area contributed by atoms with Gasteiger partial charge in [0.15, 0.2) is 16.8 Å². The molecule has 2 fully saturated rings. The molecule has 1 aromatic heterocycles. The molecule has 12 heteroatoms. The van der Waals surface area contributed by atoms with Crippen LogP contribution in [-0.4, -0.2) is 72.6 Å². The Morgan fingerprint density at radius 1 is 1.34 bits per heavy atom. The highest BCUT2D eigenvalue weighted by Crippen LogP contribution is 2.41. The Bertz CT molecular complexity index is 853. The average molecular weight is 451 g/mol. The number of aromatic nitrogens is 2. The molecule has 1 saturated carbocycles. The summed E-state index contributed by atoms with van der Waals surface area (Å²) in [5, 5.41) is 11.7. The molecule has 164 valence electrons. The third kappa shape index (κ3) is 4.75. The van der Waals surface area contributed by atoms with Gasteiger partial charge in [0.1, 0.15) is 17.9 Å². The van der Waals surface area contributed by atoms with Gasteiger partial charge in [0, 0.05) is 0 Å². The molecule has 0 bridgehead atoms. The number of ether oxygens (including phenoxy) is 3. The van der Waals surface area contributed by atoms with Crippen molar-refractivity contribution in [3.8, 4) is 0 Å². The van der Waals surface area contributed by atoms with Crippen LogP contribution in [0.15, 0.2) is 5.16 Å². The fourth-order valence-corrected chi connectivity index (χ4v) is 5.05. The fraction of sp³-hybridized carbons (Fsp3) is 0.765. The van der Waals surface area contributed by atoms with E-state index in [4.69, 9.17) is 36.7 Å². The lowest BCUT2D eigenvalue weighted by atomic mass is 10.2. The monoisotopic (exact) mass is 450 g/mol. The molecule has 0 spiro atoms. The van der Waals surface area contributed by atoms with Crippen LogP contribution < -0.4 is 11.1 Å². The largest absolute Gasteiger partial charge is 0.394 e. The van der Waals surface area contributed by atoms with Crippen molar-refractivity contribution in [1.82, 2.24) is 9.97 Å². The number of fused-ring (bicyclic) bond motifs is 1. The minimum atomic E-state index is -3.68. The fourth-order valence-electron chi connectivity index (χ4n) is 3.65. The third-order valence-electron chi connectivity index (χ3n) is 4.79. The highest BCUT2D eigenvalue weighted by Gasteiger charge is 2.54. The number of nitrogens with two attached hydrogens (primary N) is 1. The number of rotatable bonds is 8. The van der Waals surface area contributed by atoms with E-state index in [-0.39, 0.29) is 65.1 Å². The second-order valence-corrected chi connectivity index (χ2v) is 9.92. The van der Waals surface area contributed by atoms with Gasteiger partial charge in [-0.1, -0.05) is 18.5 Å². The molecule has 0 radical (unpaired) electrons. The van der Waals surface area contributed by atoms with Gasteiger partial charge in [-0.05, 0) is 26.7 Å². The minimum Gasteiger partial charge on any atom is -0.394 e. The summed E-state index contributed by atoms with van der Waals surface area (Å²) in [6.07, 6.45) is -0.127. The molecule has 29 heavy (non-hydrogen) atoms. The van der Waals surface area contributed by atoms with Gasteiger partial charge >= 0.3 is 0 Å². The van der Waals surface area contributed by atoms with Crippen LogP contribution in [0.1, 0.15) is 33.6 Å². The molecule has 1 saturated heterocycles. The smallest absolute Gasteiger partial charge is 0.250 e. The van der Waals surface area contributed by atoms with Crippen LogP contribution in [0.3, 0.4) is 0 Å². The molecule has 0 unspecified atom stereocenters. The first-order valence-corrected chi connectivity index (χ1v) is 11.5. The third-order valence-corrected chi connectivity index (χ3v) is 6.76. The molecular weight excluding hydrogens is 424 g/mol. The number of nitrogen functional groups attached to an aromatic ring is 1. The molecule has 0 aromatic carbocycles. The summed E-state index contributed by atoms with van der Waals surface area (Å²) in [4.78, 5) is 7.96. The van der Waals surface area contributed by atoms with Crippen LogP contribution in [0.5, 0.6) is 0 Å². The highest BCUT2D eigenvalue weighted by molar-refractivity contribution is 7.91. The van der Waals surface area contributed by atoms with Crippen molar-refractivity contribution in [3.05, 3.63) is 5.15 Å². The molecular formula is C17H27ClN4O6S. The van der Waals surface area contributed by atoms with Crippen LogP contribution in [-0.2, 0) is 24.0 Å². The van der Waals surface area contributed by atoms with E-state index < -0.39 is 15.6 Å². The number of anilines is 2. The average Bonchev–Trinajstić information content (AvgIpc) is 3.10. The molecule has 0 amide bonds. The van der Waals surface area contributed by atoms with Crippen LogP contribution in [0.4, 0.5) is 11.5 Å². The van der Waals surface area contributed by atoms with E-state index in [1.54, 1.807) is 20.8 Å². The maximum Gasteiger partial charge on any atom is 0.250 e. The van der Waals surface area contributed by atoms with Gasteiger partial charge in [-0.2, -0.15) is 4.98 Å². The number of nitrogens with one attached hydrogen (secondary N) is 1. The summed E-state index contributed by atoms with van der Waals surface area (Å²) in [6.45, 7) is 5.42. The van der Waals surface area contributed by atoms with Crippen LogP contribution in [0, 0.1) is 0 Å². The van der Waals surface area contributed by atoms with E-state index in [2.05, 4.69) is 15.3 Å². The molecule has 1 aliphatic carbocycles. The van der Waals surface area contributed by atoms with E-state index in [0.29, 0.717) is 12.8 Å². The Labute approximate surface area is 175 Å². The van der Waals surface area contributed by atoms with Crippen molar-refractivity contribution in [2.45, 2.75) is 68.9 Å². The second kappa shape index (κ2) is 8.48. The van der Waals surface area contributed by atoms with Gasteiger partial charge in [-0.25, -0.2) is 13.4 Å². The Hall–Kier alpha value is -1.24. The van der Waals surface area contributed by atoms with Gasteiger partial charge in [-0.3, -0.25) is 0 Å². The first kappa shape index (κ1) is 22.4. The summed E-state index contributed by atoms with van der Waals surface area (Å²) in [5.41, 5.74) is 6.05. The number of aliphatic hydroxyl groups excluding tert-OH is 1. The molecule has 3 rings (SSSR count). The van der Waals surface area contributed by atoms with Crippen LogP contribution in [0.25, 0.3) is 0 Å². The predicted octanol–water partition coefficient (Wildman–Crippen LogP) is 0.978. The Kier molecular flexibility index (Phi) is 6.56.